The third-order valence-electron chi connectivity index (χ3n) is 3.48. The summed E-state index contributed by atoms with van der Waals surface area (Å²) in [5.41, 5.74) is 1.80. The fourth-order valence-electron chi connectivity index (χ4n) is 1.93. The Morgan fingerprint density at radius 1 is 1.37 bits per heavy atom. The van der Waals surface area contributed by atoms with Crippen LogP contribution >= 0.6 is 0 Å². The molecule has 4 nitrogen and oxygen atoms in total. The molecule has 0 aliphatic carbocycles. The summed E-state index contributed by atoms with van der Waals surface area (Å²) in [5.74, 6) is -0.0685. The van der Waals surface area contributed by atoms with E-state index >= 15 is 0 Å². The summed E-state index contributed by atoms with van der Waals surface area (Å²) in [7, 11) is 0. The molecule has 0 aromatic heterocycles. The molecule has 0 saturated carbocycles. The first-order valence-electron chi connectivity index (χ1n) is 6.72. The van der Waals surface area contributed by atoms with E-state index in [9.17, 15) is 4.79 Å². The number of rotatable bonds is 7. The highest BCUT2D eigenvalue weighted by Gasteiger charge is 2.20. The maximum Gasteiger partial charge on any atom is 0.221 e. The summed E-state index contributed by atoms with van der Waals surface area (Å²) in [5, 5.41) is 15.4. The van der Waals surface area contributed by atoms with Gasteiger partial charge in [0.15, 0.2) is 0 Å². The van der Waals surface area contributed by atoms with Crippen molar-refractivity contribution >= 4 is 11.6 Å². The van der Waals surface area contributed by atoms with Crippen LogP contribution in [0.1, 0.15) is 39.2 Å². The zero-order valence-electron chi connectivity index (χ0n) is 12.0. The van der Waals surface area contributed by atoms with Crippen LogP contribution in [0, 0.1) is 0 Å². The van der Waals surface area contributed by atoms with Crippen molar-refractivity contribution in [2.45, 2.75) is 45.7 Å². The molecule has 1 aromatic carbocycles. The number of aliphatic hydroxyl groups is 1. The van der Waals surface area contributed by atoms with Gasteiger partial charge < -0.3 is 15.7 Å². The van der Waals surface area contributed by atoms with E-state index in [1.54, 1.807) is 0 Å². The number of carbonyl (C=O) groups excluding carboxylic acids is 1. The van der Waals surface area contributed by atoms with Gasteiger partial charge in [-0.1, -0.05) is 25.1 Å². The standard InChI is InChI=1S/C15H24N2O2/c1-4-15(3,9-10-18)16-11-13-7-5-6-8-14(13)17-12(2)19/h5-8,16,18H,4,9-11H2,1-3H3,(H,17,19). The molecule has 4 heteroatoms. The smallest absolute Gasteiger partial charge is 0.221 e. The summed E-state index contributed by atoms with van der Waals surface area (Å²) in [4.78, 5) is 11.2. The van der Waals surface area contributed by atoms with Crippen molar-refractivity contribution in [3.05, 3.63) is 29.8 Å². The average molecular weight is 264 g/mol. The molecule has 0 bridgehead atoms. The number of hydrogen-bond acceptors (Lipinski definition) is 3. The predicted molar refractivity (Wildman–Crippen MR) is 78.0 cm³/mol. The third-order valence-corrected chi connectivity index (χ3v) is 3.48. The molecule has 0 aliphatic heterocycles. The van der Waals surface area contributed by atoms with E-state index in [1.165, 1.54) is 6.92 Å². The first-order chi connectivity index (χ1) is 9.00. The van der Waals surface area contributed by atoms with Crippen molar-refractivity contribution in [3.63, 3.8) is 0 Å². The number of benzene rings is 1. The first kappa shape index (κ1) is 15.7. The zero-order chi connectivity index (χ0) is 14.3. The van der Waals surface area contributed by atoms with E-state index in [2.05, 4.69) is 24.5 Å². The summed E-state index contributed by atoms with van der Waals surface area (Å²) in [6.45, 7) is 6.55. The van der Waals surface area contributed by atoms with Gasteiger partial charge in [-0.15, -0.1) is 0 Å². The summed E-state index contributed by atoms with van der Waals surface area (Å²) in [6, 6.07) is 7.75. The van der Waals surface area contributed by atoms with Gasteiger partial charge in [-0.2, -0.15) is 0 Å². The van der Waals surface area contributed by atoms with Gasteiger partial charge in [-0.3, -0.25) is 4.79 Å². The second-order valence-corrected chi connectivity index (χ2v) is 5.08. The van der Waals surface area contributed by atoms with Crippen LogP contribution in [0.5, 0.6) is 0 Å². The molecule has 1 atom stereocenters. The van der Waals surface area contributed by atoms with Crippen molar-refractivity contribution in [2.24, 2.45) is 0 Å². The van der Waals surface area contributed by atoms with Crippen molar-refractivity contribution in [1.29, 1.82) is 0 Å². The summed E-state index contributed by atoms with van der Waals surface area (Å²) < 4.78 is 0. The molecule has 1 aromatic rings. The maximum absolute atomic E-state index is 11.2. The van der Waals surface area contributed by atoms with E-state index in [0.29, 0.717) is 13.0 Å². The van der Waals surface area contributed by atoms with Crippen LogP contribution in [0.25, 0.3) is 0 Å². The lowest BCUT2D eigenvalue weighted by Crippen LogP contribution is -2.42. The van der Waals surface area contributed by atoms with Crippen LogP contribution in [0.2, 0.25) is 0 Å². The third kappa shape index (κ3) is 5.01. The Kier molecular flexibility index (Phi) is 5.99. The van der Waals surface area contributed by atoms with Gasteiger partial charge in [0.2, 0.25) is 5.91 Å². The number of aliphatic hydroxyl groups excluding tert-OH is 1. The van der Waals surface area contributed by atoms with Crippen molar-refractivity contribution in [3.8, 4) is 0 Å². The second kappa shape index (κ2) is 7.26. The summed E-state index contributed by atoms with van der Waals surface area (Å²) >= 11 is 0. The fourth-order valence-corrected chi connectivity index (χ4v) is 1.93. The Bertz CT molecular complexity index is 420. The Morgan fingerprint density at radius 2 is 2.05 bits per heavy atom. The quantitative estimate of drug-likeness (QED) is 0.708. The number of para-hydroxylation sites is 1. The monoisotopic (exact) mass is 264 g/mol. The maximum atomic E-state index is 11.2. The minimum atomic E-state index is -0.0852. The van der Waals surface area contributed by atoms with Crippen LogP contribution in [0.3, 0.4) is 0 Å². The molecule has 1 rings (SSSR count). The molecule has 0 radical (unpaired) electrons. The van der Waals surface area contributed by atoms with Crippen molar-refractivity contribution in [1.82, 2.24) is 5.32 Å². The first-order valence-corrected chi connectivity index (χ1v) is 6.72. The Labute approximate surface area is 115 Å². The van der Waals surface area contributed by atoms with Gasteiger partial charge >= 0.3 is 0 Å². The molecule has 0 heterocycles. The highest BCUT2D eigenvalue weighted by molar-refractivity contribution is 5.89. The molecule has 1 unspecified atom stereocenters. The van der Waals surface area contributed by atoms with Crippen molar-refractivity contribution in [2.75, 3.05) is 11.9 Å². The fraction of sp³-hybridized carbons (Fsp3) is 0.533. The van der Waals surface area contributed by atoms with Crippen molar-refractivity contribution < 1.29 is 9.90 Å². The minimum Gasteiger partial charge on any atom is -0.396 e. The molecule has 0 spiro atoms. The Balaban J connectivity index is 2.74. The van der Waals surface area contributed by atoms with E-state index in [4.69, 9.17) is 5.11 Å². The topological polar surface area (TPSA) is 61.4 Å². The number of nitrogens with one attached hydrogen (secondary N) is 2. The van der Waals surface area contributed by atoms with Crippen LogP contribution in [0.15, 0.2) is 24.3 Å². The number of hydrogen-bond donors (Lipinski definition) is 3. The van der Waals surface area contributed by atoms with Gasteiger partial charge in [0, 0.05) is 31.3 Å². The number of anilines is 1. The van der Waals surface area contributed by atoms with Gasteiger partial charge in [-0.25, -0.2) is 0 Å². The Morgan fingerprint density at radius 3 is 2.63 bits per heavy atom. The van der Waals surface area contributed by atoms with Crippen LogP contribution in [-0.2, 0) is 11.3 Å². The van der Waals surface area contributed by atoms with E-state index in [1.807, 2.05) is 24.3 Å². The van der Waals surface area contributed by atoms with E-state index < -0.39 is 0 Å². The lowest BCUT2D eigenvalue weighted by atomic mass is 9.94. The van der Waals surface area contributed by atoms with Crippen LogP contribution < -0.4 is 10.6 Å². The highest BCUT2D eigenvalue weighted by atomic mass is 16.3. The SMILES string of the molecule is CCC(C)(CCO)NCc1ccccc1NC(C)=O. The Hall–Kier alpha value is -1.39. The number of carbonyl (C=O) groups is 1. The second-order valence-electron chi connectivity index (χ2n) is 5.08. The molecular weight excluding hydrogens is 240 g/mol. The molecule has 0 aliphatic rings. The largest absolute Gasteiger partial charge is 0.396 e. The lowest BCUT2D eigenvalue weighted by molar-refractivity contribution is -0.114. The van der Waals surface area contributed by atoms with Gasteiger partial charge in [-0.05, 0) is 31.4 Å². The molecule has 19 heavy (non-hydrogen) atoms. The molecule has 3 N–H and O–H groups in total. The average Bonchev–Trinajstić information content (AvgIpc) is 2.37. The molecule has 106 valence electrons. The molecule has 1 amide bonds. The molecular formula is C15H24N2O2. The minimum absolute atomic E-state index is 0.0685. The van der Waals surface area contributed by atoms with E-state index in [-0.39, 0.29) is 18.1 Å². The van der Waals surface area contributed by atoms with Gasteiger partial charge in [0.1, 0.15) is 0 Å². The van der Waals surface area contributed by atoms with Gasteiger partial charge in [0.05, 0.1) is 0 Å². The summed E-state index contributed by atoms with van der Waals surface area (Å²) in [6.07, 6.45) is 1.65. The lowest BCUT2D eigenvalue weighted by Gasteiger charge is -2.29. The van der Waals surface area contributed by atoms with Crippen LogP contribution in [0.4, 0.5) is 5.69 Å². The number of amides is 1. The highest BCUT2D eigenvalue weighted by Crippen LogP contribution is 2.19. The van der Waals surface area contributed by atoms with E-state index in [0.717, 1.165) is 17.7 Å². The van der Waals surface area contributed by atoms with Gasteiger partial charge in [0.25, 0.3) is 0 Å². The van der Waals surface area contributed by atoms with Crippen LogP contribution in [-0.4, -0.2) is 23.2 Å². The normalized spacial score (nSPS) is 13.9. The molecule has 0 fully saturated rings. The zero-order valence-corrected chi connectivity index (χ0v) is 12.0. The predicted octanol–water partition coefficient (Wildman–Crippen LogP) is 2.29. The molecule has 0 saturated heterocycles.